The van der Waals surface area contributed by atoms with Crippen molar-refractivity contribution in [2.75, 3.05) is 5.32 Å². The zero-order chi connectivity index (χ0) is 22.0. The van der Waals surface area contributed by atoms with Gasteiger partial charge in [-0.1, -0.05) is 18.2 Å². The monoisotopic (exact) mass is 418 g/mol. The fraction of sp³-hybridized carbons (Fsp3) is 0.217. The molecule has 0 aliphatic heterocycles. The first kappa shape index (κ1) is 20.3. The number of hydrogen-bond donors (Lipinski definition) is 3. The van der Waals surface area contributed by atoms with Gasteiger partial charge in [0.25, 0.3) is 11.8 Å². The van der Waals surface area contributed by atoms with Gasteiger partial charge in [-0.15, -0.1) is 0 Å². The number of phenols is 1. The molecule has 8 nitrogen and oxygen atoms in total. The number of phenolic OH excluding ortho intramolecular Hbond substituents is 1. The minimum atomic E-state index is -0.512. The Morgan fingerprint density at radius 2 is 1.90 bits per heavy atom. The molecular formula is C23H22N4O4. The van der Waals surface area contributed by atoms with Crippen molar-refractivity contribution in [3.05, 3.63) is 76.4 Å². The summed E-state index contributed by atoms with van der Waals surface area (Å²) in [7, 11) is 0. The van der Waals surface area contributed by atoms with Gasteiger partial charge in [0.1, 0.15) is 17.3 Å². The van der Waals surface area contributed by atoms with E-state index in [4.69, 9.17) is 4.42 Å². The number of nitrogens with one attached hydrogen (secondary N) is 2. The molecule has 0 fully saturated rings. The number of benzene rings is 1. The molecule has 0 atom stereocenters. The molecule has 0 radical (unpaired) electrons. The van der Waals surface area contributed by atoms with Crippen LogP contribution in [0.25, 0.3) is 0 Å². The second-order valence-corrected chi connectivity index (χ2v) is 7.40. The molecule has 0 saturated carbocycles. The number of amides is 2. The molecule has 0 saturated heterocycles. The van der Waals surface area contributed by atoms with Gasteiger partial charge in [0.15, 0.2) is 5.76 Å². The summed E-state index contributed by atoms with van der Waals surface area (Å²) in [5.41, 5.74) is 5.67. The Kier molecular flexibility index (Phi) is 5.53. The lowest BCUT2D eigenvalue weighted by molar-refractivity contribution is 0.0950. The predicted octanol–water partition coefficient (Wildman–Crippen LogP) is 3.72. The number of para-hydroxylation sites is 1. The van der Waals surface area contributed by atoms with E-state index in [-0.39, 0.29) is 23.0 Å². The second-order valence-electron chi connectivity index (χ2n) is 7.40. The molecule has 0 bridgehead atoms. The number of anilines is 1. The standard InChI is InChI=1S/C23H22N4O4/c1-13-10-11-19(24-12-13)25-23(30)21-14(2)20-16(7-5-9-18(20)31-21)26-27-22(29)15-6-3-4-8-17(15)28/h3-4,6,8,10-12,28H,5,7,9H2,1-2H3,(H,27,29)(H,24,25,30)/b26-16+. The van der Waals surface area contributed by atoms with Gasteiger partial charge in [0, 0.05) is 23.7 Å². The Labute approximate surface area is 179 Å². The van der Waals surface area contributed by atoms with Crippen molar-refractivity contribution in [3.63, 3.8) is 0 Å². The van der Waals surface area contributed by atoms with E-state index in [2.05, 4.69) is 20.8 Å². The lowest BCUT2D eigenvalue weighted by Crippen LogP contribution is -2.22. The summed E-state index contributed by atoms with van der Waals surface area (Å²) in [6.07, 6.45) is 3.77. The van der Waals surface area contributed by atoms with E-state index < -0.39 is 5.91 Å². The van der Waals surface area contributed by atoms with Crippen LogP contribution in [0.5, 0.6) is 5.75 Å². The molecule has 1 aliphatic carbocycles. The molecule has 2 aromatic heterocycles. The highest BCUT2D eigenvalue weighted by molar-refractivity contribution is 6.09. The minimum Gasteiger partial charge on any atom is -0.507 e. The molecule has 2 heterocycles. The molecule has 3 N–H and O–H groups in total. The number of aromatic hydroxyl groups is 1. The van der Waals surface area contributed by atoms with Gasteiger partial charge in [0.05, 0.1) is 11.3 Å². The molecule has 158 valence electrons. The fourth-order valence-electron chi connectivity index (χ4n) is 3.56. The average molecular weight is 418 g/mol. The second kappa shape index (κ2) is 8.43. The molecule has 0 unspecified atom stereocenters. The maximum atomic E-state index is 12.8. The van der Waals surface area contributed by atoms with E-state index in [1.165, 1.54) is 12.1 Å². The molecule has 4 rings (SSSR count). The number of nitrogens with zero attached hydrogens (tertiary/aromatic N) is 2. The Bertz CT molecular complexity index is 1180. The lowest BCUT2D eigenvalue weighted by Gasteiger charge is -2.13. The SMILES string of the molecule is Cc1ccc(NC(=O)c2oc3c(c2C)/C(=N/NC(=O)c2ccccc2O)CCC3)nc1. The van der Waals surface area contributed by atoms with Crippen molar-refractivity contribution in [1.29, 1.82) is 0 Å². The summed E-state index contributed by atoms with van der Waals surface area (Å²) in [5, 5.41) is 16.9. The number of fused-ring (bicyclic) bond motifs is 1. The van der Waals surface area contributed by atoms with Gasteiger partial charge >= 0.3 is 0 Å². The van der Waals surface area contributed by atoms with Gasteiger partial charge in [-0.25, -0.2) is 10.4 Å². The fourth-order valence-corrected chi connectivity index (χ4v) is 3.56. The highest BCUT2D eigenvalue weighted by Crippen LogP contribution is 2.30. The summed E-state index contributed by atoms with van der Waals surface area (Å²) < 4.78 is 5.86. The summed E-state index contributed by atoms with van der Waals surface area (Å²) >= 11 is 0. The quantitative estimate of drug-likeness (QED) is 0.558. The van der Waals surface area contributed by atoms with Crippen LogP contribution in [0, 0.1) is 13.8 Å². The molecule has 31 heavy (non-hydrogen) atoms. The zero-order valence-electron chi connectivity index (χ0n) is 17.2. The lowest BCUT2D eigenvalue weighted by atomic mass is 9.93. The maximum Gasteiger partial charge on any atom is 0.292 e. The Hall–Kier alpha value is -3.94. The largest absolute Gasteiger partial charge is 0.507 e. The van der Waals surface area contributed by atoms with E-state index in [9.17, 15) is 14.7 Å². The van der Waals surface area contributed by atoms with Crippen LogP contribution in [-0.4, -0.2) is 27.6 Å². The summed E-state index contributed by atoms with van der Waals surface area (Å²) in [5.74, 6) is 0.291. The number of rotatable bonds is 4. The summed E-state index contributed by atoms with van der Waals surface area (Å²) in [6.45, 7) is 3.72. The van der Waals surface area contributed by atoms with Crippen molar-refractivity contribution in [3.8, 4) is 5.75 Å². The van der Waals surface area contributed by atoms with Gasteiger partial charge in [-0.05, 0) is 50.5 Å². The zero-order valence-corrected chi connectivity index (χ0v) is 17.2. The van der Waals surface area contributed by atoms with Crippen molar-refractivity contribution < 1.29 is 19.1 Å². The number of hydrogen-bond acceptors (Lipinski definition) is 6. The topological polar surface area (TPSA) is 117 Å². The number of hydrazone groups is 1. The van der Waals surface area contributed by atoms with Crippen molar-refractivity contribution in [2.24, 2.45) is 5.10 Å². The molecule has 2 amide bonds. The van der Waals surface area contributed by atoms with Crippen LogP contribution >= 0.6 is 0 Å². The normalized spacial score (nSPS) is 14.2. The highest BCUT2D eigenvalue weighted by Gasteiger charge is 2.28. The highest BCUT2D eigenvalue weighted by atomic mass is 16.4. The third-order valence-electron chi connectivity index (χ3n) is 5.13. The first-order chi connectivity index (χ1) is 14.9. The Morgan fingerprint density at radius 1 is 1.10 bits per heavy atom. The van der Waals surface area contributed by atoms with Crippen LogP contribution in [-0.2, 0) is 6.42 Å². The average Bonchev–Trinajstić information content (AvgIpc) is 3.11. The van der Waals surface area contributed by atoms with Crippen LogP contribution < -0.4 is 10.7 Å². The van der Waals surface area contributed by atoms with E-state index in [0.717, 1.165) is 17.5 Å². The van der Waals surface area contributed by atoms with Crippen LogP contribution in [0.4, 0.5) is 5.82 Å². The van der Waals surface area contributed by atoms with Gasteiger partial charge in [0.2, 0.25) is 0 Å². The number of pyridine rings is 1. The molecule has 8 heteroatoms. The van der Waals surface area contributed by atoms with Crippen LogP contribution in [0.3, 0.4) is 0 Å². The third-order valence-corrected chi connectivity index (χ3v) is 5.13. The molecule has 1 aromatic carbocycles. The van der Waals surface area contributed by atoms with Crippen molar-refractivity contribution >= 4 is 23.3 Å². The molecule has 1 aliphatic rings. The number of carbonyl (C=O) groups excluding carboxylic acids is 2. The van der Waals surface area contributed by atoms with E-state index >= 15 is 0 Å². The van der Waals surface area contributed by atoms with Gasteiger partial charge in [-0.2, -0.15) is 5.10 Å². The van der Waals surface area contributed by atoms with Crippen LogP contribution in [0.1, 0.15) is 56.2 Å². The Morgan fingerprint density at radius 3 is 2.65 bits per heavy atom. The summed E-state index contributed by atoms with van der Waals surface area (Å²) in [6, 6.07) is 9.84. The summed E-state index contributed by atoms with van der Waals surface area (Å²) in [4.78, 5) is 29.3. The first-order valence-electron chi connectivity index (χ1n) is 9.95. The maximum absolute atomic E-state index is 12.8. The number of aryl methyl sites for hydroxylation is 2. The van der Waals surface area contributed by atoms with Crippen molar-refractivity contribution in [1.82, 2.24) is 10.4 Å². The van der Waals surface area contributed by atoms with Crippen molar-refractivity contribution in [2.45, 2.75) is 33.1 Å². The third kappa shape index (κ3) is 4.18. The first-order valence-corrected chi connectivity index (χ1v) is 9.95. The predicted molar refractivity (Wildman–Crippen MR) is 115 cm³/mol. The number of aromatic nitrogens is 1. The minimum absolute atomic E-state index is 0.118. The van der Waals surface area contributed by atoms with E-state index in [0.29, 0.717) is 35.7 Å². The molecular weight excluding hydrogens is 396 g/mol. The van der Waals surface area contributed by atoms with E-state index in [1.54, 1.807) is 31.3 Å². The van der Waals surface area contributed by atoms with Crippen LogP contribution in [0.2, 0.25) is 0 Å². The number of carbonyl (C=O) groups is 2. The van der Waals surface area contributed by atoms with Crippen LogP contribution in [0.15, 0.2) is 52.1 Å². The van der Waals surface area contributed by atoms with E-state index in [1.807, 2.05) is 13.0 Å². The van der Waals surface area contributed by atoms with Gasteiger partial charge in [-0.3, -0.25) is 9.59 Å². The van der Waals surface area contributed by atoms with Gasteiger partial charge < -0.3 is 14.8 Å². The molecule has 3 aromatic rings. The Balaban J connectivity index is 1.57. The number of furan rings is 1. The smallest absolute Gasteiger partial charge is 0.292 e. The molecule has 0 spiro atoms.